The third kappa shape index (κ3) is 3.97. The molecule has 1 unspecified atom stereocenters. The van der Waals surface area contributed by atoms with E-state index >= 15 is 0 Å². The molecule has 0 saturated heterocycles. The zero-order valence-electron chi connectivity index (χ0n) is 12.5. The number of nitrogens with zero attached hydrogens (tertiary/aromatic N) is 1. The predicted molar refractivity (Wildman–Crippen MR) is 82.6 cm³/mol. The number of aliphatic carboxylic acids is 1. The van der Waals surface area contributed by atoms with Gasteiger partial charge in [0, 0.05) is 17.5 Å². The van der Waals surface area contributed by atoms with Crippen LogP contribution in [0.5, 0.6) is 0 Å². The van der Waals surface area contributed by atoms with Crippen molar-refractivity contribution < 1.29 is 14.7 Å². The molecule has 5 nitrogen and oxygen atoms in total. The Morgan fingerprint density at radius 3 is 2.95 bits per heavy atom. The van der Waals surface area contributed by atoms with Crippen LogP contribution in [0.2, 0.25) is 0 Å². The third-order valence-electron chi connectivity index (χ3n) is 3.80. The lowest BCUT2D eigenvalue weighted by molar-refractivity contribution is -0.137. The van der Waals surface area contributed by atoms with E-state index in [1.165, 1.54) is 10.4 Å². The van der Waals surface area contributed by atoms with E-state index in [0.717, 1.165) is 19.3 Å². The van der Waals surface area contributed by atoms with Crippen molar-refractivity contribution in [1.29, 1.82) is 0 Å². The van der Waals surface area contributed by atoms with Gasteiger partial charge in [-0.3, -0.25) is 4.79 Å². The van der Waals surface area contributed by atoms with Crippen LogP contribution >= 0.6 is 11.3 Å². The molecule has 2 amide bonds. The zero-order chi connectivity index (χ0) is 15.4. The Kier molecular flexibility index (Phi) is 5.22. The van der Waals surface area contributed by atoms with E-state index < -0.39 is 5.97 Å². The minimum atomic E-state index is -0.883. The number of carboxylic acid groups (broad SMARTS) is 1. The standard InChI is InChI=1S/C15H22N2O3S/c1-10(2)17(8-6-14(18)19)15(20)16-12-4-3-5-13-11(12)7-9-21-13/h7,9-10,12H,3-6,8H2,1-2H3,(H,16,20)(H,18,19). The van der Waals surface area contributed by atoms with Crippen LogP contribution in [-0.2, 0) is 11.2 Å². The molecule has 0 radical (unpaired) electrons. The summed E-state index contributed by atoms with van der Waals surface area (Å²) in [5.74, 6) is -0.883. The summed E-state index contributed by atoms with van der Waals surface area (Å²) in [7, 11) is 0. The molecule has 1 heterocycles. The largest absolute Gasteiger partial charge is 0.481 e. The number of carboxylic acids is 1. The highest BCUT2D eigenvalue weighted by atomic mass is 32.1. The second kappa shape index (κ2) is 6.93. The Labute approximate surface area is 129 Å². The number of hydrogen-bond acceptors (Lipinski definition) is 3. The molecule has 1 aromatic rings. The van der Waals surface area contributed by atoms with Gasteiger partial charge in [0.15, 0.2) is 0 Å². The summed E-state index contributed by atoms with van der Waals surface area (Å²) in [6.45, 7) is 4.04. The van der Waals surface area contributed by atoms with Crippen molar-refractivity contribution >= 4 is 23.3 Å². The van der Waals surface area contributed by atoms with Crippen LogP contribution in [0.4, 0.5) is 4.79 Å². The molecule has 2 rings (SSSR count). The average molecular weight is 310 g/mol. The molecule has 116 valence electrons. The lowest BCUT2D eigenvalue weighted by atomic mass is 9.94. The van der Waals surface area contributed by atoms with Crippen LogP contribution in [-0.4, -0.2) is 34.6 Å². The Hall–Kier alpha value is -1.56. The number of hydrogen-bond donors (Lipinski definition) is 2. The fourth-order valence-corrected chi connectivity index (χ4v) is 3.67. The lowest BCUT2D eigenvalue weighted by Gasteiger charge is -2.30. The van der Waals surface area contributed by atoms with Crippen molar-refractivity contribution in [3.05, 3.63) is 21.9 Å². The number of amides is 2. The van der Waals surface area contributed by atoms with E-state index in [4.69, 9.17) is 5.11 Å². The molecule has 0 fully saturated rings. The first-order valence-corrected chi connectivity index (χ1v) is 8.22. The summed E-state index contributed by atoms with van der Waals surface area (Å²) in [5, 5.41) is 13.9. The molecule has 0 aromatic carbocycles. The fourth-order valence-electron chi connectivity index (χ4n) is 2.68. The number of fused-ring (bicyclic) bond motifs is 1. The van der Waals surface area contributed by atoms with Crippen molar-refractivity contribution in [2.75, 3.05) is 6.54 Å². The molecule has 6 heteroatoms. The molecule has 0 saturated carbocycles. The van der Waals surface area contributed by atoms with E-state index in [1.807, 2.05) is 13.8 Å². The molecule has 1 aliphatic rings. The summed E-state index contributed by atoms with van der Waals surface area (Å²) in [6, 6.07) is 1.95. The van der Waals surface area contributed by atoms with Gasteiger partial charge in [0.1, 0.15) is 0 Å². The Morgan fingerprint density at radius 1 is 1.52 bits per heavy atom. The number of aryl methyl sites for hydroxylation is 1. The van der Waals surface area contributed by atoms with Gasteiger partial charge in [-0.1, -0.05) is 0 Å². The van der Waals surface area contributed by atoms with E-state index in [-0.39, 0.29) is 31.1 Å². The van der Waals surface area contributed by atoms with E-state index in [0.29, 0.717) is 0 Å². The number of urea groups is 1. The van der Waals surface area contributed by atoms with Gasteiger partial charge in [0.2, 0.25) is 0 Å². The molecule has 0 spiro atoms. The van der Waals surface area contributed by atoms with Gasteiger partial charge in [-0.05, 0) is 50.1 Å². The molecule has 1 atom stereocenters. The van der Waals surface area contributed by atoms with Gasteiger partial charge < -0.3 is 15.3 Å². The van der Waals surface area contributed by atoms with Crippen molar-refractivity contribution in [1.82, 2.24) is 10.2 Å². The first-order chi connectivity index (χ1) is 9.99. The summed E-state index contributed by atoms with van der Waals surface area (Å²) in [6.07, 6.45) is 3.09. The quantitative estimate of drug-likeness (QED) is 0.878. The summed E-state index contributed by atoms with van der Waals surface area (Å²) in [5.41, 5.74) is 1.22. The second-order valence-corrected chi connectivity index (χ2v) is 6.62. The SMILES string of the molecule is CC(C)N(CCC(=O)O)C(=O)NC1CCCc2sccc21. The molecular weight excluding hydrogens is 288 g/mol. The van der Waals surface area contributed by atoms with Crippen molar-refractivity contribution in [3.8, 4) is 0 Å². The Morgan fingerprint density at radius 2 is 2.29 bits per heavy atom. The van der Waals surface area contributed by atoms with E-state index in [9.17, 15) is 9.59 Å². The Bertz CT molecular complexity index is 513. The number of carbonyl (C=O) groups is 2. The summed E-state index contributed by atoms with van der Waals surface area (Å²) >= 11 is 1.74. The third-order valence-corrected chi connectivity index (χ3v) is 4.80. The van der Waals surface area contributed by atoms with Gasteiger partial charge in [0.05, 0.1) is 12.5 Å². The van der Waals surface area contributed by atoms with Gasteiger partial charge in [-0.2, -0.15) is 0 Å². The molecule has 0 aliphatic heterocycles. The van der Waals surface area contributed by atoms with Gasteiger partial charge >= 0.3 is 12.0 Å². The van der Waals surface area contributed by atoms with Crippen LogP contribution in [0.15, 0.2) is 11.4 Å². The van der Waals surface area contributed by atoms with Crippen LogP contribution in [0.3, 0.4) is 0 Å². The van der Waals surface area contributed by atoms with Crippen LogP contribution in [0.1, 0.15) is 49.6 Å². The monoisotopic (exact) mass is 310 g/mol. The second-order valence-electron chi connectivity index (χ2n) is 5.62. The molecule has 0 bridgehead atoms. The van der Waals surface area contributed by atoms with Crippen LogP contribution < -0.4 is 5.32 Å². The maximum Gasteiger partial charge on any atom is 0.318 e. The minimum absolute atomic E-state index is 0.0186. The van der Waals surface area contributed by atoms with Gasteiger partial charge in [0.25, 0.3) is 0 Å². The van der Waals surface area contributed by atoms with Crippen LogP contribution in [0, 0.1) is 0 Å². The smallest absolute Gasteiger partial charge is 0.318 e. The zero-order valence-corrected chi connectivity index (χ0v) is 13.3. The summed E-state index contributed by atoms with van der Waals surface area (Å²) in [4.78, 5) is 26.1. The fraction of sp³-hybridized carbons (Fsp3) is 0.600. The molecule has 21 heavy (non-hydrogen) atoms. The highest BCUT2D eigenvalue weighted by Gasteiger charge is 2.25. The van der Waals surface area contributed by atoms with E-state index in [2.05, 4.69) is 16.8 Å². The number of nitrogens with one attached hydrogen (secondary N) is 1. The van der Waals surface area contributed by atoms with E-state index in [1.54, 1.807) is 16.2 Å². The van der Waals surface area contributed by atoms with Gasteiger partial charge in [-0.15, -0.1) is 11.3 Å². The topological polar surface area (TPSA) is 69.6 Å². The molecular formula is C15H22N2O3S. The van der Waals surface area contributed by atoms with Crippen molar-refractivity contribution in [3.63, 3.8) is 0 Å². The number of thiophene rings is 1. The minimum Gasteiger partial charge on any atom is -0.481 e. The Balaban J connectivity index is 2.01. The average Bonchev–Trinajstić information content (AvgIpc) is 2.87. The molecule has 1 aromatic heterocycles. The highest BCUT2D eigenvalue weighted by molar-refractivity contribution is 7.10. The number of carbonyl (C=O) groups excluding carboxylic acids is 1. The normalized spacial score (nSPS) is 17.4. The summed E-state index contributed by atoms with van der Waals surface area (Å²) < 4.78 is 0. The number of rotatable bonds is 5. The van der Waals surface area contributed by atoms with Crippen molar-refractivity contribution in [2.45, 2.75) is 51.6 Å². The maximum absolute atomic E-state index is 12.4. The van der Waals surface area contributed by atoms with Crippen molar-refractivity contribution in [2.24, 2.45) is 0 Å². The first kappa shape index (κ1) is 15.8. The first-order valence-electron chi connectivity index (χ1n) is 7.34. The molecule has 2 N–H and O–H groups in total. The van der Waals surface area contributed by atoms with Crippen LogP contribution in [0.25, 0.3) is 0 Å². The predicted octanol–water partition coefficient (Wildman–Crippen LogP) is 3.02. The van der Waals surface area contributed by atoms with Gasteiger partial charge in [-0.25, -0.2) is 4.79 Å². The maximum atomic E-state index is 12.4. The lowest BCUT2D eigenvalue weighted by Crippen LogP contribution is -2.46. The highest BCUT2D eigenvalue weighted by Crippen LogP contribution is 2.33. The molecule has 1 aliphatic carbocycles.